The first kappa shape index (κ1) is 22.4. The van der Waals surface area contributed by atoms with Crippen LogP contribution >= 0.6 is 7.82 Å². The van der Waals surface area contributed by atoms with Gasteiger partial charge in [-0.15, -0.1) is 0 Å². The first-order valence-corrected chi connectivity index (χ1v) is 8.56. The Balaban J connectivity index is -0.00000144. The Bertz CT molecular complexity index is 232. The van der Waals surface area contributed by atoms with Gasteiger partial charge >= 0.3 is 37.4 Å². The third-order valence-electron chi connectivity index (χ3n) is 2.82. The molecule has 0 aliphatic carbocycles. The van der Waals surface area contributed by atoms with E-state index < -0.39 is 7.82 Å². The molecule has 0 atom stereocenters. The number of phosphoric acid groups is 1. The van der Waals surface area contributed by atoms with Crippen molar-refractivity contribution in [1.82, 2.24) is 5.48 Å². The van der Waals surface area contributed by atoms with E-state index in [2.05, 4.69) is 17.0 Å². The van der Waals surface area contributed by atoms with Gasteiger partial charge in [0.1, 0.15) is 0 Å². The molecule has 0 rings (SSSR count). The van der Waals surface area contributed by atoms with E-state index in [1.165, 1.54) is 51.4 Å². The maximum atomic E-state index is 10.3. The summed E-state index contributed by atoms with van der Waals surface area (Å²) in [4.78, 5) is 16.8. The molecule has 0 bridgehead atoms. The molecular formula is C12H29NNaO4P. The summed E-state index contributed by atoms with van der Waals surface area (Å²) in [6, 6.07) is 0. The van der Waals surface area contributed by atoms with Crippen LogP contribution in [0.2, 0.25) is 0 Å². The molecule has 0 unspecified atom stereocenters. The normalized spacial score (nSPS) is 11.3. The zero-order valence-corrected chi connectivity index (χ0v) is 15.3. The fourth-order valence-corrected chi connectivity index (χ4v) is 2.07. The predicted molar refractivity (Wildman–Crippen MR) is 74.1 cm³/mol. The van der Waals surface area contributed by atoms with Crippen molar-refractivity contribution in [3.8, 4) is 0 Å². The smallest absolute Gasteiger partial charge is 1.00 e. The monoisotopic (exact) mass is 305 g/mol. The van der Waals surface area contributed by atoms with Crippen molar-refractivity contribution in [2.24, 2.45) is 0 Å². The van der Waals surface area contributed by atoms with E-state index in [9.17, 15) is 4.57 Å². The minimum Gasteiger partial charge on any atom is -1.00 e. The van der Waals surface area contributed by atoms with Gasteiger partial charge < -0.3 is 11.2 Å². The summed E-state index contributed by atoms with van der Waals surface area (Å²) < 4.78 is 14.5. The van der Waals surface area contributed by atoms with Crippen LogP contribution in [0.15, 0.2) is 0 Å². The van der Waals surface area contributed by atoms with Crippen LogP contribution in [0.25, 0.3) is 0 Å². The van der Waals surface area contributed by atoms with Crippen molar-refractivity contribution in [2.45, 2.75) is 71.1 Å². The fourth-order valence-electron chi connectivity index (χ4n) is 1.81. The maximum absolute atomic E-state index is 10.3. The van der Waals surface area contributed by atoms with Crippen LogP contribution in [-0.2, 0) is 9.19 Å². The largest absolute Gasteiger partial charge is 1.00 e. The van der Waals surface area contributed by atoms with Crippen LogP contribution in [0.1, 0.15) is 72.6 Å². The van der Waals surface area contributed by atoms with Crippen molar-refractivity contribution in [3.05, 3.63) is 0 Å². The molecule has 0 heterocycles. The summed E-state index contributed by atoms with van der Waals surface area (Å²) in [5.41, 5.74) is 2.29. The second-order valence-electron chi connectivity index (χ2n) is 4.66. The number of hydroxylamine groups is 1. The number of rotatable bonds is 13. The predicted octanol–water partition coefficient (Wildman–Crippen LogP) is 0.638. The summed E-state index contributed by atoms with van der Waals surface area (Å²) in [6.45, 7) is 2.71. The average Bonchev–Trinajstić information content (AvgIpc) is 2.29. The number of hydrogen-bond donors (Lipinski definition) is 3. The van der Waals surface area contributed by atoms with Gasteiger partial charge in [0, 0.05) is 6.54 Å². The van der Waals surface area contributed by atoms with E-state index in [1.54, 1.807) is 0 Å². The molecule has 0 radical (unpaired) electrons. The molecule has 0 aromatic heterocycles. The Morgan fingerprint density at radius 1 is 0.947 bits per heavy atom. The van der Waals surface area contributed by atoms with Gasteiger partial charge in [-0.3, -0.25) is 0 Å². The van der Waals surface area contributed by atoms with E-state index in [0.717, 1.165) is 12.8 Å². The van der Waals surface area contributed by atoms with Crippen LogP contribution in [0.5, 0.6) is 0 Å². The van der Waals surface area contributed by atoms with Gasteiger partial charge in [0.25, 0.3) is 0 Å². The van der Waals surface area contributed by atoms with Crippen molar-refractivity contribution in [3.63, 3.8) is 0 Å². The van der Waals surface area contributed by atoms with Crippen molar-refractivity contribution >= 4 is 7.82 Å². The SMILES string of the molecule is CCCCCCCCCCCCNOP(=O)(O)O.[H-].[Na+]. The standard InChI is InChI=1S/C12H28NO4P.Na.H/c1-2-3-4-5-6-7-8-9-10-11-12-13-17-18(14,15)16;;/h13H,2-12H2,1H3,(H2,14,15,16);;/q;+1;-1. The van der Waals surface area contributed by atoms with E-state index in [0.29, 0.717) is 6.54 Å². The third kappa shape index (κ3) is 21.5. The van der Waals surface area contributed by atoms with Gasteiger partial charge in [0.05, 0.1) is 0 Å². The molecule has 7 heteroatoms. The molecule has 0 aromatic carbocycles. The first-order valence-electron chi connectivity index (χ1n) is 7.03. The third-order valence-corrected chi connectivity index (χ3v) is 3.18. The van der Waals surface area contributed by atoms with Gasteiger partial charge in [-0.1, -0.05) is 64.7 Å². The molecule has 19 heavy (non-hydrogen) atoms. The zero-order valence-electron chi connectivity index (χ0n) is 13.4. The summed E-state index contributed by atoms with van der Waals surface area (Å²) in [5, 5.41) is 0. The molecule has 0 saturated carbocycles. The Morgan fingerprint density at radius 3 is 1.79 bits per heavy atom. The minimum absolute atomic E-state index is 0. The molecule has 0 spiro atoms. The molecule has 112 valence electrons. The molecule has 0 amide bonds. The fraction of sp³-hybridized carbons (Fsp3) is 1.00. The molecule has 0 saturated heterocycles. The maximum Gasteiger partial charge on any atom is 1.00 e. The van der Waals surface area contributed by atoms with Crippen LogP contribution in [-0.4, -0.2) is 16.3 Å². The second kappa shape index (κ2) is 15.5. The van der Waals surface area contributed by atoms with Gasteiger partial charge in [0.15, 0.2) is 0 Å². The molecule has 3 N–H and O–H groups in total. The quantitative estimate of drug-likeness (QED) is 0.201. The zero-order chi connectivity index (χ0) is 13.7. The Labute approximate surface area is 140 Å². The van der Waals surface area contributed by atoms with Crippen LogP contribution in [0.4, 0.5) is 0 Å². The van der Waals surface area contributed by atoms with Crippen LogP contribution in [0, 0.1) is 0 Å². The van der Waals surface area contributed by atoms with E-state index >= 15 is 0 Å². The number of hydrogen-bond acceptors (Lipinski definition) is 3. The van der Waals surface area contributed by atoms with E-state index in [-0.39, 0.29) is 31.0 Å². The van der Waals surface area contributed by atoms with Gasteiger partial charge in [0.2, 0.25) is 0 Å². The summed E-state index contributed by atoms with van der Waals surface area (Å²) >= 11 is 0. The van der Waals surface area contributed by atoms with Crippen molar-refractivity contribution < 1.29 is 50.0 Å². The minimum atomic E-state index is -4.36. The summed E-state index contributed by atoms with van der Waals surface area (Å²) in [6.07, 6.45) is 12.4. The Hall–Kier alpha value is 1.07. The number of nitrogens with one attached hydrogen (secondary N) is 1. The molecule has 0 aliphatic heterocycles. The molecule has 5 nitrogen and oxygen atoms in total. The average molecular weight is 305 g/mol. The van der Waals surface area contributed by atoms with Crippen LogP contribution < -0.4 is 35.0 Å². The Kier molecular flexibility index (Phi) is 18.2. The second-order valence-corrected chi connectivity index (χ2v) is 5.82. The van der Waals surface area contributed by atoms with Gasteiger partial charge in [-0.05, 0) is 6.42 Å². The first-order chi connectivity index (χ1) is 8.56. The molecular weight excluding hydrogens is 276 g/mol. The van der Waals surface area contributed by atoms with Crippen molar-refractivity contribution in [2.75, 3.05) is 6.54 Å². The van der Waals surface area contributed by atoms with E-state index in [4.69, 9.17) is 9.79 Å². The topological polar surface area (TPSA) is 78.8 Å². The molecule has 0 aliphatic rings. The Morgan fingerprint density at radius 2 is 1.37 bits per heavy atom. The molecule has 0 aromatic rings. The van der Waals surface area contributed by atoms with Gasteiger partial charge in [-0.25, -0.2) is 4.57 Å². The van der Waals surface area contributed by atoms with Crippen molar-refractivity contribution in [1.29, 1.82) is 0 Å². The number of unbranched alkanes of at least 4 members (excludes halogenated alkanes) is 9. The van der Waals surface area contributed by atoms with E-state index in [1.807, 2.05) is 0 Å². The van der Waals surface area contributed by atoms with Gasteiger partial charge in [-0.2, -0.15) is 10.1 Å². The molecule has 0 fully saturated rings. The van der Waals surface area contributed by atoms with Crippen LogP contribution in [0.3, 0.4) is 0 Å². The summed E-state index contributed by atoms with van der Waals surface area (Å²) in [5.74, 6) is 0. The summed E-state index contributed by atoms with van der Waals surface area (Å²) in [7, 11) is -4.36.